The molecule has 3 heterocycles. The number of nitrogens with zero attached hydrogens (tertiary/aromatic N) is 1. The van der Waals surface area contributed by atoms with Crippen molar-refractivity contribution in [3.8, 4) is 0 Å². The van der Waals surface area contributed by atoms with E-state index in [0.29, 0.717) is 19.3 Å². The first-order chi connectivity index (χ1) is 17.1. The van der Waals surface area contributed by atoms with Crippen LogP contribution in [0.3, 0.4) is 0 Å². The summed E-state index contributed by atoms with van der Waals surface area (Å²) < 4.78 is 12.0. The first-order valence-electron chi connectivity index (χ1n) is 13.4. The van der Waals surface area contributed by atoms with Gasteiger partial charge in [-0.25, -0.2) is 0 Å². The molecule has 2 N–H and O–H groups in total. The van der Waals surface area contributed by atoms with Gasteiger partial charge in [0.05, 0.1) is 41.4 Å². The van der Waals surface area contributed by atoms with Gasteiger partial charge in [-0.3, -0.25) is 14.6 Å². The van der Waals surface area contributed by atoms with Crippen LogP contribution >= 0.6 is 0 Å². The summed E-state index contributed by atoms with van der Waals surface area (Å²) in [4.78, 5) is 30.9. The lowest BCUT2D eigenvalue weighted by atomic mass is 9.58. The summed E-state index contributed by atoms with van der Waals surface area (Å²) in [5.74, 6) is -1.32. The largest absolute Gasteiger partial charge is 0.458 e. The van der Waals surface area contributed by atoms with Gasteiger partial charge in [-0.2, -0.15) is 0 Å². The molecule has 1 aromatic rings. The monoisotopic (exact) mass is 499 g/mol. The van der Waals surface area contributed by atoms with E-state index in [4.69, 9.17) is 9.47 Å². The van der Waals surface area contributed by atoms with E-state index in [0.717, 1.165) is 37.0 Å². The van der Waals surface area contributed by atoms with Gasteiger partial charge in [-0.15, -0.1) is 0 Å². The molecule has 7 nitrogen and oxygen atoms in total. The van der Waals surface area contributed by atoms with E-state index in [-0.39, 0.29) is 29.8 Å². The molecule has 1 aromatic heterocycles. The summed E-state index contributed by atoms with van der Waals surface area (Å²) >= 11 is 0. The minimum atomic E-state index is -1.13. The van der Waals surface area contributed by atoms with Crippen molar-refractivity contribution in [1.29, 1.82) is 0 Å². The van der Waals surface area contributed by atoms with Crippen molar-refractivity contribution in [1.82, 2.24) is 4.98 Å². The highest BCUT2D eigenvalue weighted by atomic mass is 16.6. The molecular formula is C29H41NO6. The van der Waals surface area contributed by atoms with Crippen molar-refractivity contribution in [3.63, 3.8) is 0 Å². The number of carbonyl (C=O) groups is 2. The first kappa shape index (κ1) is 27.0. The van der Waals surface area contributed by atoms with E-state index in [1.165, 1.54) is 0 Å². The molecule has 36 heavy (non-hydrogen) atoms. The van der Waals surface area contributed by atoms with Crippen LogP contribution < -0.4 is 0 Å². The molecule has 3 aliphatic rings. The Balaban J connectivity index is 1.58. The minimum Gasteiger partial charge on any atom is -0.458 e. The number of cyclic esters (lactones) is 1. The highest BCUT2D eigenvalue weighted by Gasteiger charge is 2.54. The molecule has 1 aliphatic carbocycles. The number of hydrogen-bond donors (Lipinski definition) is 2. The Morgan fingerprint density at radius 3 is 2.53 bits per heavy atom. The summed E-state index contributed by atoms with van der Waals surface area (Å²) in [6.45, 7) is 7.73. The first-order valence-corrected chi connectivity index (χ1v) is 13.4. The van der Waals surface area contributed by atoms with E-state index in [1.807, 2.05) is 38.1 Å². The summed E-state index contributed by atoms with van der Waals surface area (Å²) in [6, 6.07) is 5.65. The smallest absolute Gasteiger partial charge is 0.309 e. The highest BCUT2D eigenvalue weighted by molar-refractivity contribution is 5.89. The van der Waals surface area contributed by atoms with Crippen LogP contribution in [0, 0.1) is 17.3 Å². The number of carbonyl (C=O) groups excluding carboxylic acids is 2. The van der Waals surface area contributed by atoms with E-state index in [2.05, 4.69) is 11.9 Å². The Bertz CT molecular complexity index is 973. The maximum atomic E-state index is 13.5. The molecule has 0 radical (unpaired) electrons. The zero-order valence-corrected chi connectivity index (χ0v) is 22.0. The van der Waals surface area contributed by atoms with Crippen LogP contribution in [0.4, 0.5) is 0 Å². The molecule has 0 amide bonds. The number of Topliss-reactive ketones (excluding diaryl/α,β-unsaturated/α-hetero) is 1. The fourth-order valence-corrected chi connectivity index (χ4v) is 6.03. The fourth-order valence-electron chi connectivity index (χ4n) is 6.03. The second kappa shape index (κ2) is 10.7. The van der Waals surface area contributed by atoms with Crippen LogP contribution in [-0.2, 0) is 19.1 Å². The van der Waals surface area contributed by atoms with E-state index < -0.39 is 35.6 Å². The number of pyridine rings is 1. The predicted octanol–water partition coefficient (Wildman–Crippen LogP) is 4.25. The Kier molecular flexibility index (Phi) is 8.03. The van der Waals surface area contributed by atoms with Crippen molar-refractivity contribution in [2.45, 2.75) is 109 Å². The number of fused-ring (bicyclic) bond motifs is 1. The number of rotatable bonds is 2. The van der Waals surface area contributed by atoms with Crippen LogP contribution in [0.5, 0.6) is 0 Å². The van der Waals surface area contributed by atoms with E-state index >= 15 is 0 Å². The molecule has 2 unspecified atom stereocenters. The zero-order chi connectivity index (χ0) is 26.1. The van der Waals surface area contributed by atoms with Crippen molar-refractivity contribution >= 4 is 17.8 Å². The third kappa shape index (κ3) is 5.58. The molecule has 4 rings (SSSR count). The summed E-state index contributed by atoms with van der Waals surface area (Å²) in [6.07, 6.45) is 5.80. The lowest BCUT2D eigenvalue weighted by Gasteiger charge is -2.46. The van der Waals surface area contributed by atoms with Gasteiger partial charge in [-0.1, -0.05) is 32.8 Å². The second-order valence-electron chi connectivity index (χ2n) is 11.5. The van der Waals surface area contributed by atoms with Crippen molar-refractivity contribution < 1.29 is 29.3 Å². The molecule has 1 spiro atoms. The lowest BCUT2D eigenvalue weighted by Crippen LogP contribution is -2.53. The number of hydrogen-bond acceptors (Lipinski definition) is 7. The standard InChI is InChI=1S/C29H41NO6/c1-18-9-7-11-28(4)24(36-28)16-22(19(2)15-21-10-5-6-14-30-21)35-25(32)17-23(31)29(12-8-13-29)27(34)20(3)26(18)33/h5-6,10,14-15,18,20,22-24,26,31,33H,7-9,11-13,16-17H2,1-4H3/b19-15+/t18-,20+,22-,23-,24?,26-,28?/m0/s1. The molecular weight excluding hydrogens is 458 g/mol. The number of aliphatic hydroxyl groups excluding tert-OH is 2. The Hall–Kier alpha value is -2.09. The number of ether oxygens (including phenoxy) is 2. The molecule has 3 fully saturated rings. The van der Waals surface area contributed by atoms with Gasteiger partial charge in [0.25, 0.3) is 0 Å². The quantitative estimate of drug-likeness (QED) is 0.462. The average molecular weight is 500 g/mol. The Morgan fingerprint density at radius 1 is 1.14 bits per heavy atom. The highest BCUT2D eigenvalue weighted by Crippen LogP contribution is 2.49. The topological polar surface area (TPSA) is 109 Å². The summed E-state index contributed by atoms with van der Waals surface area (Å²) in [7, 11) is 0. The number of epoxide rings is 1. The van der Waals surface area contributed by atoms with Crippen molar-refractivity contribution in [3.05, 3.63) is 35.7 Å². The Labute approximate surface area is 214 Å². The third-order valence-corrected chi connectivity index (χ3v) is 8.88. The normalized spacial score (nSPS) is 38.1. The summed E-state index contributed by atoms with van der Waals surface area (Å²) in [5.41, 5.74) is 0.353. The average Bonchev–Trinajstić information content (AvgIpc) is 3.45. The van der Waals surface area contributed by atoms with Crippen LogP contribution in [-0.4, -0.2) is 57.0 Å². The molecule has 7 heteroatoms. The van der Waals surface area contributed by atoms with Crippen LogP contribution in [0.15, 0.2) is 30.0 Å². The van der Waals surface area contributed by atoms with Gasteiger partial charge in [0, 0.05) is 18.5 Å². The summed E-state index contributed by atoms with van der Waals surface area (Å²) in [5, 5.41) is 22.0. The maximum absolute atomic E-state index is 13.5. The molecule has 2 aliphatic heterocycles. The van der Waals surface area contributed by atoms with Crippen molar-refractivity contribution in [2.24, 2.45) is 17.3 Å². The molecule has 2 saturated heterocycles. The fraction of sp³-hybridized carbons (Fsp3) is 0.690. The number of aliphatic hydroxyl groups is 2. The molecule has 1 saturated carbocycles. The van der Waals surface area contributed by atoms with E-state index in [9.17, 15) is 19.8 Å². The van der Waals surface area contributed by atoms with Gasteiger partial charge < -0.3 is 19.7 Å². The number of aromatic nitrogens is 1. The number of esters is 1. The minimum absolute atomic E-state index is 0.0427. The third-order valence-electron chi connectivity index (χ3n) is 8.88. The van der Waals surface area contributed by atoms with Gasteiger partial charge in [0.15, 0.2) is 0 Å². The number of ketones is 1. The molecule has 7 atom stereocenters. The maximum Gasteiger partial charge on any atom is 0.309 e. The predicted molar refractivity (Wildman–Crippen MR) is 136 cm³/mol. The van der Waals surface area contributed by atoms with Gasteiger partial charge in [-0.05, 0) is 69.2 Å². The van der Waals surface area contributed by atoms with Crippen molar-refractivity contribution in [2.75, 3.05) is 0 Å². The van der Waals surface area contributed by atoms with Crippen LogP contribution in [0.2, 0.25) is 0 Å². The molecule has 198 valence electrons. The molecule has 0 bridgehead atoms. The Morgan fingerprint density at radius 2 is 1.89 bits per heavy atom. The zero-order valence-electron chi connectivity index (χ0n) is 22.0. The second-order valence-corrected chi connectivity index (χ2v) is 11.5. The van der Waals surface area contributed by atoms with E-state index in [1.54, 1.807) is 13.1 Å². The van der Waals surface area contributed by atoms with Gasteiger partial charge in [0.1, 0.15) is 11.9 Å². The lowest BCUT2D eigenvalue weighted by molar-refractivity contribution is -0.161. The van der Waals surface area contributed by atoms with Crippen LogP contribution in [0.1, 0.15) is 84.8 Å². The van der Waals surface area contributed by atoms with Crippen LogP contribution in [0.25, 0.3) is 6.08 Å². The molecule has 0 aromatic carbocycles. The van der Waals surface area contributed by atoms with Gasteiger partial charge in [0.2, 0.25) is 0 Å². The SMILES string of the molecule is C/C(=C\c1ccccn1)[C@@H]1CC2OC2(C)CCC[C@H](C)[C@H](O)[C@@H](C)C(=O)C2(CCC2)[C@@H](O)CC(=O)O1. The van der Waals surface area contributed by atoms with Gasteiger partial charge >= 0.3 is 5.97 Å².